The Morgan fingerprint density at radius 1 is 1.56 bits per heavy atom. The number of piperidine rings is 1. The van der Waals surface area contributed by atoms with Crippen LogP contribution in [0.4, 0.5) is 11.4 Å². The third-order valence-corrected chi connectivity index (χ3v) is 3.35. The second-order valence-corrected chi connectivity index (χ2v) is 4.52. The van der Waals surface area contributed by atoms with Crippen LogP contribution < -0.4 is 11.1 Å². The molecule has 1 aromatic carbocycles. The molecule has 0 aliphatic carbocycles. The Kier molecular flexibility index (Phi) is 3.67. The molecule has 3 heteroatoms. The van der Waals surface area contributed by atoms with Gasteiger partial charge in [0.15, 0.2) is 0 Å². The van der Waals surface area contributed by atoms with Gasteiger partial charge < -0.3 is 16.0 Å². The fourth-order valence-corrected chi connectivity index (χ4v) is 2.23. The van der Waals surface area contributed by atoms with E-state index >= 15 is 0 Å². The maximum absolute atomic E-state index is 5.86. The van der Waals surface area contributed by atoms with Crippen molar-refractivity contribution in [3.05, 3.63) is 24.3 Å². The molecule has 0 saturated carbocycles. The summed E-state index contributed by atoms with van der Waals surface area (Å²) in [6.45, 7) is 2.19. The van der Waals surface area contributed by atoms with Gasteiger partial charge in [-0.2, -0.15) is 0 Å². The number of likely N-dealkylation sites (tertiary alicyclic amines) is 1. The summed E-state index contributed by atoms with van der Waals surface area (Å²) < 4.78 is 0. The van der Waals surface area contributed by atoms with Gasteiger partial charge in [0.05, 0.1) is 11.4 Å². The maximum atomic E-state index is 5.86. The molecule has 0 aromatic heterocycles. The minimum Gasteiger partial charge on any atom is -0.397 e. The number of nitrogens with one attached hydrogen (secondary N) is 1. The van der Waals surface area contributed by atoms with Crippen LogP contribution in [0.2, 0.25) is 0 Å². The number of hydrogen-bond donors (Lipinski definition) is 2. The molecule has 1 radical (unpaired) electrons. The molecule has 3 nitrogen and oxygen atoms in total. The van der Waals surface area contributed by atoms with Gasteiger partial charge >= 0.3 is 0 Å². The van der Waals surface area contributed by atoms with Gasteiger partial charge in [0.1, 0.15) is 0 Å². The number of anilines is 2. The number of likely N-dealkylation sites (N-methyl/N-ethyl adjacent to an activating group) is 1. The lowest BCUT2D eigenvalue weighted by Gasteiger charge is -2.32. The molecule has 1 aromatic rings. The molecule has 3 N–H and O–H groups in total. The lowest BCUT2D eigenvalue weighted by Crippen LogP contribution is -2.40. The van der Waals surface area contributed by atoms with Gasteiger partial charge in [-0.25, -0.2) is 0 Å². The van der Waals surface area contributed by atoms with Crippen LogP contribution in [0.15, 0.2) is 18.2 Å². The van der Waals surface area contributed by atoms with Crippen molar-refractivity contribution in [3.8, 4) is 0 Å². The van der Waals surface area contributed by atoms with Crippen molar-refractivity contribution in [1.82, 2.24) is 4.90 Å². The molecule has 16 heavy (non-hydrogen) atoms. The van der Waals surface area contributed by atoms with Crippen LogP contribution in [0.3, 0.4) is 0 Å². The minimum absolute atomic E-state index is 0.636. The fraction of sp³-hybridized carbons (Fsp3) is 0.538. The summed E-state index contributed by atoms with van der Waals surface area (Å²) in [4.78, 5) is 2.43. The number of benzene rings is 1. The van der Waals surface area contributed by atoms with Crippen molar-refractivity contribution in [2.75, 3.05) is 31.2 Å². The highest BCUT2D eigenvalue weighted by atomic mass is 15.2. The monoisotopic (exact) mass is 218 g/mol. The first-order valence-corrected chi connectivity index (χ1v) is 5.97. The summed E-state index contributed by atoms with van der Waals surface area (Å²) in [5.41, 5.74) is 7.67. The van der Waals surface area contributed by atoms with Gasteiger partial charge in [0.25, 0.3) is 0 Å². The van der Waals surface area contributed by atoms with Crippen molar-refractivity contribution in [2.24, 2.45) is 0 Å². The summed E-state index contributed by atoms with van der Waals surface area (Å²) in [5, 5.41) is 3.43. The molecule has 1 saturated heterocycles. The second kappa shape index (κ2) is 5.21. The summed E-state index contributed by atoms with van der Waals surface area (Å²) in [6, 6.07) is 9.30. The smallest absolute Gasteiger partial charge is 0.0574 e. The minimum atomic E-state index is 0.636. The lowest BCUT2D eigenvalue weighted by atomic mass is 10.0. The van der Waals surface area contributed by atoms with Gasteiger partial charge in [0.2, 0.25) is 0 Å². The molecule has 0 bridgehead atoms. The lowest BCUT2D eigenvalue weighted by molar-refractivity contribution is 0.194. The van der Waals surface area contributed by atoms with Crippen molar-refractivity contribution in [1.29, 1.82) is 0 Å². The van der Waals surface area contributed by atoms with Crippen LogP contribution in [-0.4, -0.2) is 31.1 Å². The fourth-order valence-electron chi connectivity index (χ4n) is 2.23. The average Bonchev–Trinajstić information content (AvgIpc) is 2.30. The zero-order chi connectivity index (χ0) is 11.4. The predicted molar refractivity (Wildman–Crippen MR) is 68.4 cm³/mol. The first-order chi connectivity index (χ1) is 7.77. The van der Waals surface area contributed by atoms with Crippen molar-refractivity contribution in [3.63, 3.8) is 0 Å². The number of hydrogen-bond acceptors (Lipinski definition) is 3. The molecule has 87 valence electrons. The zero-order valence-electron chi connectivity index (χ0n) is 9.87. The Hall–Kier alpha value is -1.22. The maximum Gasteiger partial charge on any atom is 0.0574 e. The number of nitrogens with zero attached hydrogens (tertiary/aromatic N) is 1. The van der Waals surface area contributed by atoms with Crippen molar-refractivity contribution >= 4 is 11.4 Å². The quantitative estimate of drug-likeness (QED) is 0.762. The summed E-state index contributed by atoms with van der Waals surface area (Å²) in [7, 11) is 2.20. The van der Waals surface area contributed by atoms with Crippen LogP contribution in [0.25, 0.3) is 0 Å². The summed E-state index contributed by atoms with van der Waals surface area (Å²) in [5.74, 6) is 0. The van der Waals surface area contributed by atoms with Gasteiger partial charge in [-0.05, 0) is 44.6 Å². The molecule has 1 aliphatic heterocycles. The SMILES string of the molecule is CN1CCCCC1CNc1cc[c]cc1N. The Morgan fingerprint density at radius 3 is 3.19 bits per heavy atom. The molecule has 1 atom stereocenters. The predicted octanol–water partition coefficient (Wildman–Crippen LogP) is 1.97. The molecular weight excluding hydrogens is 198 g/mol. The van der Waals surface area contributed by atoms with Crippen LogP contribution in [-0.2, 0) is 0 Å². The number of nitrogen functional groups attached to an aromatic ring is 1. The topological polar surface area (TPSA) is 41.3 Å². The molecule has 1 aliphatic rings. The van der Waals surface area contributed by atoms with E-state index in [9.17, 15) is 0 Å². The van der Waals surface area contributed by atoms with E-state index in [0.29, 0.717) is 6.04 Å². The Balaban J connectivity index is 1.89. The molecule has 1 fully saturated rings. The molecule has 0 amide bonds. The second-order valence-electron chi connectivity index (χ2n) is 4.52. The van der Waals surface area contributed by atoms with E-state index in [1.165, 1.54) is 25.8 Å². The zero-order valence-corrected chi connectivity index (χ0v) is 9.87. The third kappa shape index (κ3) is 2.67. The molecular formula is C13H20N3. The Bertz CT molecular complexity index is 338. The molecule has 2 rings (SSSR count). The van der Waals surface area contributed by atoms with Crippen LogP contribution in [0, 0.1) is 6.07 Å². The molecule has 1 heterocycles. The van der Waals surface area contributed by atoms with E-state index in [4.69, 9.17) is 5.73 Å². The van der Waals surface area contributed by atoms with Gasteiger partial charge in [-0.1, -0.05) is 12.5 Å². The van der Waals surface area contributed by atoms with E-state index in [1.54, 1.807) is 0 Å². The van der Waals surface area contributed by atoms with Gasteiger partial charge in [-0.15, -0.1) is 0 Å². The largest absolute Gasteiger partial charge is 0.397 e. The standard InChI is InChI=1S/C13H20N3/c1-16-9-5-4-6-11(16)10-15-13-8-3-2-7-12(13)14/h3,7-8,11,15H,4-6,9-10,14H2,1H3. The molecule has 1 unspecified atom stereocenters. The van der Waals surface area contributed by atoms with Gasteiger partial charge in [0, 0.05) is 12.6 Å². The Labute approximate surface area is 97.6 Å². The summed E-state index contributed by atoms with van der Waals surface area (Å²) in [6.07, 6.45) is 3.95. The van der Waals surface area contributed by atoms with Crippen LogP contribution in [0.5, 0.6) is 0 Å². The van der Waals surface area contributed by atoms with Crippen LogP contribution in [0.1, 0.15) is 19.3 Å². The highest BCUT2D eigenvalue weighted by Gasteiger charge is 2.18. The van der Waals surface area contributed by atoms with Gasteiger partial charge in [-0.3, -0.25) is 0 Å². The van der Waals surface area contributed by atoms with E-state index < -0.39 is 0 Å². The summed E-state index contributed by atoms with van der Waals surface area (Å²) >= 11 is 0. The van der Waals surface area contributed by atoms with Crippen LogP contribution >= 0.6 is 0 Å². The highest BCUT2D eigenvalue weighted by molar-refractivity contribution is 5.65. The van der Waals surface area contributed by atoms with E-state index in [0.717, 1.165) is 17.9 Å². The normalized spacial score (nSPS) is 21.9. The first kappa shape index (κ1) is 11.3. The Morgan fingerprint density at radius 2 is 2.44 bits per heavy atom. The highest BCUT2D eigenvalue weighted by Crippen LogP contribution is 2.19. The average molecular weight is 218 g/mol. The third-order valence-electron chi connectivity index (χ3n) is 3.35. The molecule has 0 spiro atoms. The first-order valence-electron chi connectivity index (χ1n) is 5.97. The van der Waals surface area contributed by atoms with E-state index in [2.05, 4.69) is 23.3 Å². The van der Waals surface area contributed by atoms with Crippen molar-refractivity contribution in [2.45, 2.75) is 25.3 Å². The van der Waals surface area contributed by atoms with Crippen molar-refractivity contribution < 1.29 is 0 Å². The van der Waals surface area contributed by atoms with E-state index in [1.807, 2.05) is 18.2 Å². The van der Waals surface area contributed by atoms with E-state index in [-0.39, 0.29) is 0 Å². The number of nitrogens with two attached hydrogens (primary N) is 1. The number of rotatable bonds is 3.